The lowest BCUT2D eigenvalue weighted by molar-refractivity contribution is 0.102. The Labute approximate surface area is 182 Å². The van der Waals surface area contributed by atoms with Crippen LogP contribution in [0.25, 0.3) is 0 Å². The van der Waals surface area contributed by atoms with E-state index in [4.69, 9.17) is 9.47 Å². The average Bonchev–Trinajstić information content (AvgIpc) is 2.77. The van der Waals surface area contributed by atoms with Gasteiger partial charge < -0.3 is 14.8 Å². The minimum Gasteiger partial charge on any atom is -0.492 e. The largest absolute Gasteiger partial charge is 0.492 e. The van der Waals surface area contributed by atoms with Gasteiger partial charge in [0, 0.05) is 5.56 Å². The molecule has 0 spiro atoms. The molecule has 3 rings (SSSR count). The summed E-state index contributed by atoms with van der Waals surface area (Å²) in [6.07, 6.45) is 0. The molecule has 1 amide bonds. The van der Waals surface area contributed by atoms with E-state index in [1.54, 1.807) is 61.5 Å². The van der Waals surface area contributed by atoms with Crippen molar-refractivity contribution >= 4 is 27.3 Å². The van der Waals surface area contributed by atoms with Gasteiger partial charge >= 0.3 is 0 Å². The molecule has 0 bridgehead atoms. The first kappa shape index (κ1) is 22.2. The SMILES string of the molecule is CCOc1ccc(S(=O)(=O)Nc2ccccc2OCC)cc1NC(=O)c1ccccc1. The summed E-state index contributed by atoms with van der Waals surface area (Å²) < 4.78 is 39.6. The third-order valence-corrected chi connectivity index (χ3v) is 5.64. The fourth-order valence-electron chi connectivity index (χ4n) is 2.88. The van der Waals surface area contributed by atoms with Crippen molar-refractivity contribution in [1.29, 1.82) is 0 Å². The maximum absolute atomic E-state index is 13.0. The molecule has 0 unspecified atom stereocenters. The summed E-state index contributed by atoms with van der Waals surface area (Å²) in [5, 5.41) is 2.74. The highest BCUT2D eigenvalue weighted by Crippen LogP contribution is 2.31. The standard InChI is InChI=1S/C23H24N2O5S/c1-3-29-21-13-9-8-12-19(21)25-31(27,28)18-14-15-22(30-4-2)20(16-18)24-23(26)17-10-6-5-7-11-17/h5-16,25H,3-4H2,1-2H3,(H,24,26). The fourth-order valence-corrected chi connectivity index (χ4v) is 3.97. The number of ether oxygens (including phenoxy) is 2. The second-order valence-electron chi connectivity index (χ2n) is 6.45. The number of amides is 1. The van der Waals surface area contributed by atoms with Crippen LogP contribution in [0, 0.1) is 0 Å². The van der Waals surface area contributed by atoms with Gasteiger partial charge in [-0.25, -0.2) is 8.42 Å². The van der Waals surface area contributed by atoms with Crippen LogP contribution in [0.15, 0.2) is 77.7 Å². The summed E-state index contributed by atoms with van der Waals surface area (Å²) in [6, 6.07) is 19.7. The van der Waals surface area contributed by atoms with E-state index in [1.807, 2.05) is 6.92 Å². The smallest absolute Gasteiger partial charge is 0.262 e. The molecule has 0 atom stereocenters. The monoisotopic (exact) mass is 440 g/mol. The van der Waals surface area contributed by atoms with Crippen molar-refractivity contribution in [2.75, 3.05) is 23.3 Å². The predicted molar refractivity (Wildman–Crippen MR) is 120 cm³/mol. The van der Waals surface area contributed by atoms with Crippen LogP contribution in [0.2, 0.25) is 0 Å². The number of hydrogen-bond donors (Lipinski definition) is 2. The number of sulfonamides is 1. The third-order valence-electron chi connectivity index (χ3n) is 4.28. The Hall–Kier alpha value is -3.52. The minimum absolute atomic E-state index is 0.0226. The summed E-state index contributed by atoms with van der Waals surface area (Å²) in [5.41, 5.74) is 1.03. The molecule has 162 valence electrons. The van der Waals surface area contributed by atoms with Gasteiger partial charge in [-0.15, -0.1) is 0 Å². The van der Waals surface area contributed by atoms with Gasteiger partial charge in [0.15, 0.2) is 0 Å². The lowest BCUT2D eigenvalue weighted by Crippen LogP contribution is -2.16. The number of benzene rings is 3. The van der Waals surface area contributed by atoms with E-state index < -0.39 is 10.0 Å². The van der Waals surface area contributed by atoms with Crippen molar-refractivity contribution in [3.8, 4) is 11.5 Å². The van der Waals surface area contributed by atoms with Gasteiger partial charge in [0.25, 0.3) is 15.9 Å². The number of rotatable bonds is 9. The number of anilines is 2. The molecule has 0 aliphatic rings. The van der Waals surface area contributed by atoms with E-state index in [0.29, 0.717) is 36.0 Å². The van der Waals surface area contributed by atoms with Crippen molar-refractivity contribution in [2.45, 2.75) is 18.7 Å². The van der Waals surface area contributed by atoms with E-state index in [0.717, 1.165) is 0 Å². The first-order chi connectivity index (χ1) is 14.9. The van der Waals surface area contributed by atoms with Crippen LogP contribution < -0.4 is 19.5 Å². The van der Waals surface area contributed by atoms with E-state index >= 15 is 0 Å². The summed E-state index contributed by atoms with van der Waals surface area (Å²) in [5.74, 6) is 0.434. The zero-order valence-electron chi connectivity index (χ0n) is 17.3. The van der Waals surface area contributed by atoms with Gasteiger partial charge in [-0.1, -0.05) is 30.3 Å². The molecule has 0 aliphatic heterocycles. The molecule has 31 heavy (non-hydrogen) atoms. The molecular weight excluding hydrogens is 416 g/mol. The summed E-state index contributed by atoms with van der Waals surface area (Å²) >= 11 is 0. The molecule has 0 fully saturated rings. The van der Waals surface area contributed by atoms with Crippen molar-refractivity contribution in [3.05, 3.63) is 78.4 Å². The molecule has 2 N–H and O–H groups in total. The molecule has 3 aromatic rings. The maximum atomic E-state index is 13.0. The lowest BCUT2D eigenvalue weighted by Gasteiger charge is -2.15. The fraction of sp³-hybridized carbons (Fsp3) is 0.174. The van der Waals surface area contributed by atoms with Crippen molar-refractivity contribution < 1.29 is 22.7 Å². The number of carbonyl (C=O) groups excluding carboxylic acids is 1. The molecule has 0 heterocycles. The van der Waals surface area contributed by atoms with Gasteiger partial charge in [-0.05, 0) is 56.3 Å². The van der Waals surface area contributed by atoms with E-state index in [1.165, 1.54) is 18.2 Å². The van der Waals surface area contributed by atoms with Gasteiger partial charge in [0.05, 0.1) is 29.5 Å². The van der Waals surface area contributed by atoms with Crippen LogP contribution >= 0.6 is 0 Å². The number of carbonyl (C=O) groups is 1. The van der Waals surface area contributed by atoms with E-state index in [9.17, 15) is 13.2 Å². The Bertz CT molecular complexity index is 1150. The average molecular weight is 441 g/mol. The van der Waals surface area contributed by atoms with E-state index in [2.05, 4.69) is 10.0 Å². The molecule has 0 aromatic heterocycles. The van der Waals surface area contributed by atoms with Gasteiger partial charge in [0.2, 0.25) is 0 Å². The topological polar surface area (TPSA) is 93.7 Å². The van der Waals surface area contributed by atoms with Crippen LogP contribution in [0.4, 0.5) is 11.4 Å². The second kappa shape index (κ2) is 9.99. The number of para-hydroxylation sites is 2. The molecule has 8 heteroatoms. The van der Waals surface area contributed by atoms with Crippen LogP contribution in [-0.4, -0.2) is 27.5 Å². The van der Waals surface area contributed by atoms with Crippen molar-refractivity contribution in [3.63, 3.8) is 0 Å². The van der Waals surface area contributed by atoms with Crippen LogP contribution in [0.3, 0.4) is 0 Å². The highest BCUT2D eigenvalue weighted by atomic mass is 32.2. The van der Waals surface area contributed by atoms with Gasteiger partial charge in [-0.2, -0.15) is 0 Å². The summed E-state index contributed by atoms with van der Waals surface area (Å²) in [7, 11) is -3.95. The summed E-state index contributed by atoms with van der Waals surface area (Å²) in [4.78, 5) is 12.6. The number of nitrogens with one attached hydrogen (secondary N) is 2. The van der Waals surface area contributed by atoms with Crippen molar-refractivity contribution in [2.24, 2.45) is 0 Å². The van der Waals surface area contributed by atoms with Crippen molar-refractivity contribution in [1.82, 2.24) is 0 Å². The molecule has 3 aromatic carbocycles. The van der Waals surface area contributed by atoms with Gasteiger partial charge in [0.1, 0.15) is 11.5 Å². The van der Waals surface area contributed by atoms with E-state index in [-0.39, 0.29) is 16.5 Å². The first-order valence-corrected chi connectivity index (χ1v) is 11.3. The predicted octanol–water partition coefficient (Wildman–Crippen LogP) is 4.54. The summed E-state index contributed by atoms with van der Waals surface area (Å²) in [6.45, 7) is 4.39. The Kier molecular flexibility index (Phi) is 7.15. The second-order valence-corrected chi connectivity index (χ2v) is 8.13. The molecular formula is C23H24N2O5S. The van der Waals surface area contributed by atoms with Gasteiger partial charge in [-0.3, -0.25) is 9.52 Å². The molecule has 0 aliphatic carbocycles. The maximum Gasteiger partial charge on any atom is 0.262 e. The highest BCUT2D eigenvalue weighted by Gasteiger charge is 2.20. The Morgan fingerprint density at radius 1 is 0.806 bits per heavy atom. The Morgan fingerprint density at radius 2 is 1.42 bits per heavy atom. The van der Waals surface area contributed by atoms with Crippen LogP contribution in [0.5, 0.6) is 11.5 Å². The van der Waals surface area contributed by atoms with Crippen LogP contribution in [-0.2, 0) is 10.0 Å². The first-order valence-electron chi connectivity index (χ1n) is 9.82. The zero-order valence-corrected chi connectivity index (χ0v) is 18.1. The molecule has 7 nitrogen and oxygen atoms in total. The molecule has 0 saturated carbocycles. The normalized spacial score (nSPS) is 10.9. The lowest BCUT2D eigenvalue weighted by atomic mass is 10.2. The molecule has 0 saturated heterocycles. The van der Waals surface area contributed by atoms with Crippen LogP contribution in [0.1, 0.15) is 24.2 Å². The Balaban J connectivity index is 1.92. The minimum atomic E-state index is -3.95. The zero-order chi connectivity index (χ0) is 22.3. The highest BCUT2D eigenvalue weighted by molar-refractivity contribution is 7.92. The Morgan fingerprint density at radius 3 is 2.10 bits per heavy atom. The number of hydrogen-bond acceptors (Lipinski definition) is 5. The molecule has 0 radical (unpaired) electrons. The third kappa shape index (κ3) is 5.55. The quantitative estimate of drug-likeness (QED) is 0.510.